The van der Waals surface area contributed by atoms with E-state index in [9.17, 15) is 0 Å². The van der Waals surface area contributed by atoms with Crippen molar-refractivity contribution in [3.8, 4) is 16.8 Å². The van der Waals surface area contributed by atoms with E-state index in [0.29, 0.717) is 5.75 Å². The van der Waals surface area contributed by atoms with Crippen molar-refractivity contribution in [3.05, 3.63) is 154 Å². The topological polar surface area (TPSA) is 4.93 Å². The third-order valence-electron chi connectivity index (χ3n) is 7.43. The SMILES string of the molecule is C=C/C=C\C.C=c1cccc/c1=C(/C)c1ccc(-n2c3c(c(-c4ccc5ccsc5c4)c2CS)C=CC=CC3)cc1. The van der Waals surface area contributed by atoms with Crippen molar-refractivity contribution in [3.63, 3.8) is 0 Å². The average Bonchev–Trinajstić information content (AvgIpc) is 3.51. The summed E-state index contributed by atoms with van der Waals surface area (Å²) >= 11 is 6.63. The second-order valence-corrected chi connectivity index (χ2v) is 11.2. The van der Waals surface area contributed by atoms with E-state index < -0.39 is 0 Å². The molecule has 0 unspecified atom stereocenters. The van der Waals surface area contributed by atoms with Crippen LogP contribution in [0.4, 0.5) is 0 Å². The maximum absolute atomic E-state index is 4.84. The summed E-state index contributed by atoms with van der Waals surface area (Å²) in [5.41, 5.74) is 9.99. The summed E-state index contributed by atoms with van der Waals surface area (Å²) < 4.78 is 3.74. The summed E-state index contributed by atoms with van der Waals surface area (Å²) in [5, 5.41) is 5.71. The summed E-state index contributed by atoms with van der Waals surface area (Å²) in [5.74, 6) is 0.657. The first kappa shape index (κ1) is 28.5. The quantitative estimate of drug-likeness (QED) is 0.159. The van der Waals surface area contributed by atoms with Crippen LogP contribution in [0.2, 0.25) is 0 Å². The zero-order valence-corrected chi connectivity index (χ0v) is 25.4. The Kier molecular flexibility index (Phi) is 9.08. The number of aromatic nitrogens is 1. The Bertz CT molecular complexity index is 1890. The summed E-state index contributed by atoms with van der Waals surface area (Å²) in [6, 6.07) is 26.3. The molecule has 0 saturated heterocycles. The molecule has 0 amide bonds. The van der Waals surface area contributed by atoms with Crippen molar-refractivity contribution in [2.45, 2.75) is 26.0 Å². The highest BCUT2D eigenvalue weighted by Crippen LogP contribution is 2.40. The van der Waals surface area contributed by atoms with Gasteiger partial charge in [0.05, 0.1) is 0 Å². The van der Waals surface area contributed by atoms with Crippen LogP contribution in [0.25, 0.3) is 45.1 Å². The Hall–Kier alpha value is -4.05. The number of allylic oxidation sites excluding steroid dienone is 6. The lowest BCUT2D eigenvalue weighted by atomic mass is 9.99. The maximum Gasteiger partial charge on any atom is 0.0456 e. The first-order valence-electron chi connectivity index (χ1n) is 13.8. The van der Waals surface area contributed by atoms with Gasteiger partial charge in [-0.05, 0) is 76.0 Å². The van der Waals surface area contributed by atoms with Crippen LogP contribution in [0.15, 0.2) is 121 Å². The average molecular weight is 570 g/mol. The van der Waals surface area contributed by atoms with Gasteiger partial charge in [0.1, 0.15) is 0 Å². The molecule has 0 radical (unpaired) electrons. The molecule has 0 fully saturated rings. The van der Waals surface area contributed by atoms with Crippen LogP contribution in [-0.4, -0.2) is 4.57 Å². The molecule has 0 bridgehead atoms. The van der Waals surface area contributed by atoms with Gasteiger partial charge in [-0.15, -0.1) is 11.3 Å². The second kappa shape index (κ2) is 13.1. The molecule has 3 aromatic carbocycles. The van der Waals surface area contributed by atoms with Crippen LogP contribution < -0.4 is 10.4 Å². The van der Waals surface area contributed by atoms with Crippen molar-refractivity contribution in [1.82, 2.24) is 4.57 Å². The molecule has 6 rings (SSSR count). The third kappa shape index (κ3) is 5.88. The molecule has 204 valence electrons. The predicted octanol–water partition coefficient (Wildman–Crippen LogP) is 9.29. The van der Waals surface area contributed by atoms with E-state index in [-0.39, 0.29) is 0 Å². The van der Waals surface area contributed by atoms with Gasteiger partial charge in [0.15, 0.2) is 0 Å². The number of thiophene rings is 1. The fraction of sp³-hybridized carbons (Fsp3) is 0.105. The van der Waals surface area contributed by atoms with Crippen LogP contribution in [0.3, 0.4) is 0 Å². The van der Waals surface area contributed by atoms with Crippen LogP contribution >= 0.6 is 24.0 Å². The van der Waals surface area contributed by atoms with Crippen LogP contribution in [0.5, 0.6) is 0 Å². The lowest BCUT2D eigenvalue weighted by molar-refractivity contribution is 0.928. The van der Waals surface area contributed by atoms with E-state index >= 15 is 0 Å². The monoisotopic (exact) mass is 569 g/mol. The van der Waals surface area contributed by atoms with Crippen LogP contribution in [-0.2, 0) is 12.2 Å². The first-order chi connectivity index (χ1) is 20.1. The standard InChI is InChI=1S/C33H27NS2.C5H8/c1-22-8-6-7-9-28(22)23(2)24-14-16-27(17-15-24)34-30-11-5-3-4-10-29(30)33(31(34)21-35)26-13-12-25-18-19-36-32(25)20-26;1-3-5-4-2/h3-10,12-20,35H,1,11,21H2,2H3;3-5H,1H2,2H3/b28-23+;5-4-. The lowest BCUT2D eigenvalue weighted by Crippen LogP contribution is -2.24. The van der Waals surface area contributed by atoms with E-state index in [1.165, 1.54) is 60.2 Å². The van der Waals surface area contributed by atoms with Gasteiger partial charge in [0.25, 0.3) is 0 Å². The molecule has 0 N–H and O–H groups in total. The molecule has 2 aromatic heterocycles. The summed E-state index contributed by atoms with van der Waals surface area (Å²) in [6.07, 6.45) is 15.3. The zero-order valence-electron chi connectivity index (χ0n) is 23.7. The van der Waals surface area contributed by atoms with Gasteiger partial charge < -0.3 is 4.57 Å². The number of benzene rings is 3. The lowest BCUT2D eigenvalue weighted by Gasteiger charge is -2.14. The molecule has 1 aliphatic rings. The first-order valence-corrected chi connectivity index (χ1v) is 15.4. The second-order valence-electron chi connectivity index (χ2n) is 9.93. The molecule has 3 heteroatoms. The molecular weight excluding hydrogens is 535 g/mol. The highest BCUT2D eigenvalue weighted by molar-refractivity contribution is 7.79. The van der Waals surface area contributed by atoms with Crippen LogP contribution in [0, 0.1) is 0 Å². The Morgan fingerprint density at radius 2 is 1.83 bits per heavy atom. The van der Waals surface area contributed by atoms with Crippen molar-refractivity contribution >= 4 is 52.3 Å². The molecule has 0 atom stereocenters. The minimum Gasteiger partial charge on any atom is -0.316 e. The number of thiol groups is 1. The zero-order chi connectivity index (χ0) is 28.8. The molecular formula is C38H35NS2. The Balaban J connectivity index is 0.000000623. The molecule has 1 aliphatic carbocycles. The molecule has 5 aromatic rings. The van der Waals surface area contributed by atoms with Gasteiger partial charge in [0, 0.05) is 45.1 Å². The van der Waals surface area contributed by atoms with Crippen molar-refractivity contribution in [2.24, 2.45) is 0 Å². The van der Waals surface area contributed by atoms with Crippen molar-refractivity contribution in [1.29, 1.82) is 0 Å². The van der Waals surface area contributed by atoms with E-state index in [4.69, 9.17) is 12.6 Å². The Labute approximate surface area is 252 Å². The van der Waals surface area contributed by atoms with E-state index in [2.05, 4.69) is 121 Å². The van der Waals surface area contributed by atoms with Gasteiger partial charge in [-0.25, -0.2) is 0 Å². The predicted molar refractivity (Wildman–Crippen MR) is 186 cm³/mol. The molecule has 2 heterocycles. The molecule has 41 heavy (non-hydrogen) atoms. The number of fused-ring (bicyclic) bond motifs is 2. The Morgan fingerprint density at radius 1 is 1.02 bits per heavy atom. The number of nitrogens with zero attached hydrogens (tertiary/aromatic N) is 1. The highest BCUT2D eigenvalue weighted by atomic mass is 32.1. The molecule has 0 saturated carbocycles. The smallest absolute Gasteiger partial charge is 0.0456 e. The minimum atomic E-state index is 0.657. The third-order valence-corrected chi connectivity index (χ3v) is 8.61. The summed E-state index contributed by atoms with van der Waals surface area (Å²) in [7, 11) is 0. The highest BCUT2D eigenvalue weighted by Gasteiger charge is 2.23. The number of hydrogen-bond acceptors (Lipinski definition) is 2. The normalized spacial score (nSPS) is 13.0. The van der Waals surface area contributed by atoms with E-state index in [0.717, 1.165) is 11.6 Å². The van der Waals surface area contributed by atoms with Gasteiger partial charge >= 0.3 is 0 Å². The summed E-state index contributed by atoms with van der Waals surface area (Å²) in [6.45, 7) is 11.8. The maximum atomic E-state index is 4.84. The fourth-order valence-electron chi connectivity index (χ4n) is 5.42. The molecule has 1 nitrogen and oxygen atoms in total. The van der Waals surface area contributed by atoms with Gasteiger partial charge in [0.2, 0.25) is 0 Å². The van der Waals surface area contributed by atoms with E-state index in [1.807, 2.05) is 25.1 Å². The summed E-state index contributed by atoms with van der Waals surface area (Å²) in [4.78, 5) is 0. The Morgan fingerprint density at radius 3 is 2.54 bits per heavy atom. The van der Waals surface area contributed by atoms with Crippen molar-refractivity contribution < 1.29 is 0 Å². The van der Waals surface area contributed by atoms with Crippen molar-refractivity contribution in [2.75, 3.05) is 0 Å². The number of hydrogen-bond donors (Lipinski definition) is 1. The molecule has 0 spiro atoms. The minimum absolute atomic E-state index is 0.657. The largest absolute Gasteiger partial charge is 0.316 e. The fourth-order valence-corrected chi connectivity index (χ4v) is 6.55. The van der Waals surface area contributed by atoms with Crippen LogP contribution in [0.1, 0.15) is 36.4 Å². The molecule has 0 aliphatic heterocycles. The number of rotatable bonds is 5. The van der Waals surface area contributed by atoms with Gasteiger partial charge in [-0.2, -0.15) is 12.6 Å². The van der Waals surface area contributed by atoms with Gasteiger partial charge in [-0.3, -0.25) is 0 Å². The van der Waals surface area contributed by atoms with Gasteiger partial charge in [-0.1, -0.05) is 104 Å². The van der Waals surface area contributed by atoms with E-state index in [1.54, 1.807) is 17.4 Å².